The molecule has 1 fully saturated rings. The lowest BCUT2D eigenvalue weighted by molar-refractivity contribution is 0.248. The molecule has 0 bridgehead atoms. The molecular formula is C11H18N4O. The molecule has 5 heteroatoms. The van der Waals surface area contributed by atoms with Crippen molar-refractivity contribution in [2.45, 2.75) is 32.7 Å². The Kier molecular flexibility index (Phi) is 2.85. The normalized spacial score (nSPS) is 16.9. The zero-order valence-corrected chi connectivity index (χ0v) is 9.95. The first kappa shape index (κ1) is 11.0. The SMILES string of the molecule is Cc1cc(NC(=O)N[C@H](C)C2CC2)n(C)n1. The van der Waals surface area contributed by atoms with E-state index in [1.54, 1.807) is 4.68 Å². The molecule has 1 saturated carbocycles. The first-order valence-corrected chi connectivity index (χ1v) is 5.64. The maximum atomic E-state index is 11.7. The highest BCUT2D eigenvalue weighted by molar-refractivity contribution is 5.88. The molecule has 0 saturated heterocycles. The van der Waals surface area contributed by atoms with Crippen LogP contribution < -0.4 is 10.6 Å². The third kappa shape index (κ3) is 2.53. The van der Waals surface area contributed by atoms with Gasteiger partial charge in [0.05, 0.1) is 5.69 Å². The van der Waals surface area contributed by atoms with Gasteiger partial charge in [-0.05, 0) is 32.6 Å². The van der Waals surface area contributed by atoms with Crippen LogP contribution in [0.1, 0.15) is 25.5 Å². The zero-order chi connectivity index (χ0) is 11.7. The molecule has 0 aliphatic heterocycles. The predicted molar refractivity (Wildman–Crippen MR) is 62.3 cm³/mol. The summed E-state index contributed by atoms with van der Waals surface area (Å²) in [7, 11) is 1.81. The number of hydrogen-bond acceptors (Lipinski definition) is 2. The van der Waals surface area contributed by atoms with E-state index in [1.165, 1.54) is 12.8 Å². The fourth-order valence-corrected chi connectivity index (χ4v) is 1.80. The van der Waals surface area contributed by atoms with E-state index in [9.17, 15) is 4.79 Å². The number of aryl methyl sites for hydroxylation is 2. The highest BCUT2D eigenvalue weighted by Crippen LogP contribution is 2.32. The van der Waals surface area contributed by atoms with Crippen LogP contribution in [0.5, 0.6) is 0 Å². The fourth-order valence-electron chi connectivity index (χ4n) is 1.80. The number of carbonyl (C=O) groups is 1. The number of carbonyl (C=O) groups excluding carboxylic acids is 1. The molecule has 2 amide bonds. The third-order valence-electron chi connectivity index (χ3n) is 2.93. The summed E-state index contributed by atoms with van der Waals surface area (Å²) < 4.78 is 1.66. The Hall–Kier alpha value is -1.52. The van der Waals surface area contributed by atoms with Gasteiger partial charge in [-0.3, -0.25) is 10.00 Å². The smallest absolute Gasteiger partial charge is 0.320 e. The van der Waals surface area contributed by atoms with Crippen LogP contribution in [0.3, 0.4) is 0 Å². The Labute approximate surface area is 95.2 Å². The largest absolute Gasteiger partial charge is 0.335 e. The van der Waals surface area contributed by atoms with Gasteiger partial charge in [0.2, 0.25) is 0 Å². The Bertz CT molecular complexity index is 395. The summed E-state index contributed by atoms with van der Waals surface area (Å²) in [4.78, 5) is 11.7. The summed E-state index contributed by atoms with van der Waals surface area (Å²) in [5, 5.41) is 9.90. The van der Waals surface area contributed by atoms with Gasteiger partial charge in [0.1, 0.15) is 5.82 Å². The van der Waals surface area contributed by atoms with Crippen LogP contribution in [0.2, 0.25) is 0 Å². The van der Waals surface area contributed by atoms with Crippen molar-refractivity contribution in [1.29, 1.82) is 0 Å². The van der Waals surface area contributed by atoms with Crippen LogP contribution in [-0.2, 0) is 7.05 Å². The highest BCUT2D eigenvalue weighted by atomic mass is 16.2. The van der Waals surface area contributed by atoms with Crippen LogP contribution in [0.25, 0.3) is 0 Å². The predicted octanol–water partition coefficient (Wildman–Crippen LogP) is 1.65. The summed E-state index contributed by atoms with van der Waals surface area (Å²) in [6.07, 6.45) is 2.46. The third-order valence-corrected chi connectivity index (χ3v) is 2.93. The molecule has 0 spiro atoms. The molecule has 5 nitrogen and oxygen atoms in total. The molecule has 1 aromatic heterocycles. The molecule has 0 radical (unpaired) electrons. The van der Waals surface area contributed by atoms with Crippen molar-refractivity contribution in [2.75, 3.05) is 5.32 Å². The van der Waals surface area contributed by atoms with Crippen LogP contribution in [0, 0.1) is 12.8 Å². The number of nitrogens with one attached hydrogen (secondary N) is 2. The van der Waals surface area contributed by atoms with Gasteiger partial charge in [-0.15, -0.1) is 0 Å². The first-order chi connectivity index (χ1) is 7.56. The Balaban J connectivity index is 1.88. The van der Waals surface area contributed by atoms with Crippen molar-refractivity contribution < 1.29 is 4.79 Å². The van der Waals surface area contributed by atoms with Gasteiger partial charge in [0.25, 0.3) is 0 Å². The van der Waals surface area contributed by atoms with Crippen molar-refractivity contribution in [3.05, 3.63) is 11.8 Å². The van der Waals surface area contributed by atoms with E-state index in [4.69, 9.17) is 0 Å². The first-order valence-electron chi connectivity index (χ1n) is 5.64. The van der Waals surface area contributed by atoms with E-state index in [0.29, 0.717) is 5.92 Å². The zero-order valence-electron chi connectivity index (χ0n) is 9.95. The minimum absolute atomic E-state index is 0.151. The van der Waals surface area contributed by atoms with Gasteiger partial charge < -0.3 is 5.32 Å². The van der Waals surface area contributed by atoms with Crippen LogP contribution in [0.15, 0.2) is 6.07 Å². The minimum atomic E-state index is -0.151. The maximum Gasteiger partial charge on any atom is 0.320 e. The van der Waals surface area contributed by atoms with Crippen molar-refractivity contribution in [2.24, 2.45) is 13.0 Å². The van der Waals surface area contributed by atoms with E-state index in [-0.39, 0.29) is 12.1 Å². The van der Waals surface area contributed by atoms with Crippen molar-refractivity contribution in [3.8, 4) is 0 Å². The summed E-state index contributed by atoms with van der Waals surface area (Å²) in [6, 6.07) is 1.96. The summed E-state index contributed by atoms with van der Waals surface area (Å²) in [5.41, 5.74) is 0.896. The molecule has 2 rings (SSSR count). The van der Waals surface area contributed by atoms with Crippen LogP contribution in [-0.4, -0.2) is 21.9 Å². The van der Waals surface area contributed by atoms with Gasteiger partial charge in [0, 0.05) is 19.2 Å². The second-order valence-electron chi connectivity index (χ2n) is 4.52. The van der Waals surface area contributed by atoms with E-state index in [2.05, 4.69) is 15.7 Å². The summed E-state index contributed by atoms with van der Waals surface area (Å²) in [6.45, 7) is 3.95. The summed E-state index contributed by atoms with van der Waals surface area (Å²) in [5.74, 6) is 1.39. The van der Waals surface area contributed by atoms with Crippen molar-refractivity contribution in [3.63, 3.8) is 0 Å². The lowest BCUT2D eigenvalue weighted by atomic mass is 10.2. The Morgan fingerprint density at radius 2 is 2.31 bits per heavy atom. The second-order valence-corrected chi connectivity index (χ2v) is 4.52. The number of anilines is 1. The van der Waals surface area contributed by atoms with Gasteiger partial charge in [0.15, 0.2) is 0 Å². The van der Waals surface area contributed by atoms with Crippen molar-refractivity contribution in [1.82, 2.24) is 15.1 Å². The maximum absolute atomic E-state index is 11.7. The van der Waals surface area contributed by atoms with E-state index >= 15 is 0 Å². The van der Waals surface area contributed by atoms with Gasteiger partial charge >= 0.3 is 6.03 Å². The Morgan fingerprint density at radius 3 is 2.81 bits per heavy atom. The Morgan fingerprint density at radius 1 is 1.62 bits per heavy atom. The number of nitrogens with zero attached hydrogens (tertiary/aromatic N) is 2. The number of urea groups is 1. The standard InChI is InChI=1S/C11H18N4O/c1-7-6-10(15(3)14-7)13-11(16)12-8(2)9-4-5-9/h6,8-9H,4-5H2,1-3H3,(H2,12,13,16)/t8-/m1/s1. The quantitative estimate of drug-likeness (QED) is 0.817. The lowest BCUT2D eigenvalue weighted by Gasteiger charge is -2.13. The lowest BCUT2D eigenvalue weighted by Crippen LogP contribution is -2.37. The van der Waals surface area contributed by atoms with Gasteiger partial charge in [-0.1, -0.05) is 0 Å². The molecule has 1 aromatic rings. The number of hydrogen-bond donors (Lipinski definition) is 2. The van der Waals surface area contributed by atoms with E-state index < -0.39 is 0 Å². The number of aromatic nitrogens is 2. The molecule has 16 heavy (non-hydrogen) atoms. The average molecular weight is 222 g/mol. The average Bonchev–Trinajstić information content (AvgIpc) is 2.95. The summed E-state index contributed by atoms with van der Waals surface area (Å²) >= 11 is 0. The van der Waals surface area contributed by atoms with E-state index in [1.807, 2.05) is 27.0 Å². The topological polar surface area (TPSA) is 59.0 Å². The molecule has 0 aromatic carbocycles. The van der Waals surface area contributed by atoms with Gasteiger partial charge in [-0.25, -0.2) is 4.79 Å². The fraction of sp³-hybridized carbons (Fsp3) is 0.636. The van der Waals surface area contributed by atoms with Crippen LogP contribution >= 0.6 is 0 Å². The minimum Gasteiger partial charge on any atom is -0.335 e. The highest BCUT2D eigenvalue weighted by Gasteiger charge is 2.28. The number of rotatable bonds is 3. The van der Waals surface area contributed by atoms with Crippen molar-refractivity contribution >= 4 is 11.8 Å². The monoisotopic (exact) mass is 222 g/mol. The molecule has 1 aliphatic carbocycles. The molecule has 1 aliphatic rings. The second kappa shape index (κ2) is 4.15. The molecule has 1 heterocycles. The van der Waals surface area contributed by atoms with Crippen LogP contribution in [0.4, 0.5) is 10.6 Å². The molecule has 88 valence electrons. The number of amides is 2. The molecule has 0 unspecified atom stereocenters. The molecule has 1 atom stereocenters. The molecular weight excluding hydrogens is 204 g/mol. The molecule has 2 N–H and O–H groups in total. The van der Waals surface area contributed by atoms with Gasteiger partial charge in [-0.2, -0.15) is 5.10 Å². The van der Waals surface area contributed by atoms with E-state index in [0.717, 1.165) is 11.5 Å².